The predicted octanol–water partition coefficient (Wildman–Crippen LogP) is -2.54. The molecule has 0 aliphatic heterocycles. The minimum atomic E-state index is -0.515. The van der Waals surface area contributed by atoms with E-state index in [1.165, 1.54) is 0 Å². The van der Waals surface area contributed by atoms with Crippen LogP contribution in [0.4, 0.5) is 0 Å². The van der Waals surface area contributed by atoms with E-state index in [9.17, 15) is 10.4 Å². The largest absolute Gasteiger partial charge is 1.00 e. The summed E-state index contributed by atoms with van der Waals surface area (Å²) in [5.74, 6) is 0. The fourth-order valence-electron chi connectivity index (χ4n) is 0.816. The molecule has 0 bridgehead atoms. The summed E-state index contributed by atoms with van der Waals surface area (Å²) in [6, 6.07) is 0. The first-order valence-corrected chi connectivity index (χ1v) is 3.62. The van der Waals surface area contributed by atoms with Crippen molar-refractivity contribution in [3.63, 3.8) is 0 Å². The molecule has 0 aromatic heterocycles. The quantitative estimate of drug-likeness (QED) is 0.235. The average Bonchev–Trinajstić information content (AvgIpc) is 1.96. The Bertz CT molecular complexity index is 169. The number of rotatable bonds is 3. The number of aliphatic hydroxyl groups excluding tert-OH is 1. The molecule has 0 aliphatic rings. The first-order chi connectivity index (χ1) is 5.43. The van der Waals surface area contributed by atoms with Crippen LogP contribution >= 0.6 is 0 Å². The van der Waals surface area contributed by atoms with Gasteiger partial charge in [0, 0.05) is 4.97 Å². The first kappa shape index (κ1) is 15.4. The third kappa shape index (κ3) is 5.30. The molecular weight excluding hydrogens is 185 g/mol. The van der Waals surface area contributed by atoms with E-state index in [0.717, 1.165) is 5.01 Å². The molecule has 0 aromatic carbocycles. The normalized spacial score (nSPS) is 12.2. The first-order valence-electron chi connectivity index (χ1n) is 3.62. The van der Waals surface area contributed by atoms with Gasteiger partial charge in [0.1, 0.15) is 6.54 Å². The zero-order chi connectivity index (χ0) is 9.78. The molecule has 1 N–H and O–H groups in total. The molecule has 0 saturated carbocycles. The molecule has 0 atom stereocenters. The fourth-order valence-corrected chi connectivity index (χ4v) is 0.816. The monoisotopic (exact) mass is 199 g/mol. The van der Waals surface area contributed by atoms with Crippen LogP contribution in [-0.4, -0.2) is 33.8 Å². The van der Waals surface area contributed by atoms with Gasteiger partial charge in [0.05, 0.1) is 12.1 Å². The molecule has 0 saturated heterocycles. The number of hydrazine groups is 1. The molecule has 6 nitrogen and oxygen atoms in total. The van der Waals surface area contributed by atoms with Gasteiger partial charge in [-0.1, -0.05) is 0 Å². The summed E-state index contributed by atoms with van der Waals surface area (Å²) < 4.78 is 0. The van der Waals surface area contributed by atoms with E-state index in [0.29, 0.717) is 0 Å². The summed E-state index contributed by atoms with van der Waals surface area (Å²) in [6.07, 6.45) is 0. The van der Waals surface area contributed by atoms with Crippen LogP contribution in [0, 0.1) is 10.4 Å². The van der Waals surface area contributed by atoms with Crippen molar-refractivity contribution in [1.82, 2.24) is 5.01 Å². The van der Waals surface area contributed by atoms with Crippen molar-refractivity contribution >= 4 is 0 Å². The topological polar surface area (TPSA) is 85.0 Å². The standard InChI is InChI=1S/C6H15N3O3.Na/c1-6(2,3)8(4-5-10)9(12)7-11;/h10-11H,4-5H2,1-3H3;/q;+1/p-1. The Morgan fingerprint density at radius 2 is 1.92 bits per heavy atom. The van der Waals surface area contributed by atoms with Crippen molar-refractivity contribution in [1.29, 1.82) is 0 Å². The minimum Gasteiger partial charge on any atom is -0.737 e. The van der Waals surface area contributed by atoms with E-state index >= 15 is 0 Å². The van der Waals surface area contributed by atoms with Gasteiger partial charge >= 0.3 is 29.6 Å². The Hall–Kier alpha value is -0.0400. The Balaban J connectivity index is 0. The minimum absolute atomic E-state index is 0. The second kappa shape index (κ2) is 6.42. The van der Waals surface area contributed by atoms with Gasteiger partial charge in [0.25, 0.3) is 0 Å². The van der Waals surface area contributed by atoms with Crippen LogP contribution < -0.4 is 29.6 Å². The van der Waals surface area contributed by atoms with E-state index in [1.54, 1.807) is 20.8 Å². The van der Waals surface area contributed by atoms with E-state index in [-0.39, 0.29) is 47.7 Å². The smallest absolute Gasteiger partial charge is 0.737 e. The van der Waals surface area contributed by atoms with Crippen LogP contribution in [0.1, 0.15) is 20.8 Å². The molecule has 7 heteroatoms. The van der Waals surface area contributed by atoms with Crippen molar-refractivity contribution in [3.8, 4) is 0 Å². The third-order valence-electron chi connectivity index (χ3n) is 1.36. The Labute approximate surface area is 99.7 Å². The summed E-state index contributed by atoms with van der Waals surface area (Å²) in [5.41, 5.74) is -0.515. The van der Waals surface area contributed by atoms with Gasteiger partial charge < -0.3 is 15.5 Å². The molecule has 0 fully saturated rings. The van der Waals surface area contributed by atoms with Crippen molar-refractivity contribution in [2.75, 3.05) is 13.2 Å². The van der Waals surface area contributed by atoms with Crippen LogP contribution in [0.15, 0.2) is 5.28 Å². The van der Waals surface area contributed by atoms with E-state index in [1.807, 2.05) is 0 Å². The number of hydrogen-bond acceptors (Lipinski definition) is 4. The van der Waals surface area contributed by atoms with Crippen LogP contribution in [0.3, 0.4) is 0 Å². The van der Waals surface area contributed by atoms with Gasteiger partial charge in [-0.2, -0.15) is 0 Å². The van der Waals surface area contributed by atoms with Crippen LogP contribution in [0.5, 0.6) is 0 Å². The number of aliphatic hydroxyl groups is 1. The maximum Gasteiger partial charge on any atom is 1.00 e. The Morgan fingerprint density at radius 1 is 1.46 bits per heavy atom. The molecule has 0 radical (unpaired) electrons. The molecule has 0 aliphatic carbocycles. The van der Waals surface area contributed by atoms with E-state index < -0.39 is 5.54 Å². The summed E-state index contributed by atoms with van der Waals surface area (Å²) in [7, 11) is 0. The summed E-state index contributed by atoms with van der Waals surface area (Å²) in [4.78, 5) is -0.0454. The molecule has 0 aromatic rings. The Kier molecular flexibility index (Phi) is 7.62. The van der Waals surface area contributed by atoms with Crippen molar-refractivity contribution in [3.05, 3.63) is 10.4 Å². The third-order valence-corrected chi connectivity index (χ3v) is 1.36. The molecule has 0 amide bonds. The van der Waals surface area contributed by atoms with Gasteiger partial charge in [0.15, 0.2) is 0 Å². The van der Waals surface area contributed by atoms with E-state index in [4.69, 9.17) is 5.11 Å². The average molecular weight is 199 g/mol. The zero-order valence-electron chi connectivity index (χ0n) is 8.52. The summed E-state index contributed by atoms with van der Waals surface area (Å²) >= 11 is 0. The molecule has 0 rings (SSSR count). The second-order valence-electron chi connectivity index (χ2n) is 3.35. The summed E-state index contributed by atoms with van der Waals surface area (Å²) in [6.45, 7) is 5.15. The summed E-state index contributed by atoms with van der Waals surface area (Å²) in [5, 5.41) is 32.7. The zero-order valence-corrected chi connectivity index (χ0v) is 10.5. The second-order valence-corrected chi connectivity index (χ2v) is 3.35. The van der Waals surface area contributed by atoms with Crippen molar-refractivity contribution in [2.45, 2.75) is 26.3 Å². The van der Waals surface area contributed by atoms with Gasteiger partial charge in [0.2, 0.25) is 0 Å². The number of β-amino-alcohol motifs (C(OH)–C–C–N with tert-alkyl or cyclic N) is 1. The molecular formula is C6H14N3NaO3. The maximum atomic E-state index is 10.8. The number of nitrogens with zero attached hydrogens (tertiary/aromatic N) is 3. The fraction of sp³-hybridized carbons (Fsp3) is 1.00. The molecule has 0 unspecified atom stereocenters. The van der Waals surface area contributed by atoms with Gasteiger partial charge in [-0.25, -0.2) is 0 Å². The van der Waals surface area contributed by atoms with Crippen molar-refractivity contribution in [2.24, 2.45) is 5.28 Å². The predicted molar refractivity (Wildman–Crippen MR) is 43.0 cm³/mol. The maximum absolute atomic E-state index is 10.8. The van der Waals surface area contributed by atoms with Gasteiger partial charge in [-0.15, -0.1) is 5.01 Å². The SMILES string of the molecule is CC(C)(C)N(CCO)[N+]([O-])=N[O-].[Na+]. The van der Waals surface area contributed by atoms with Crippen LogP contribution in [0.2, 0.25) is 0 Å². The van der Waals surface area contributed by atoms with Crippen molar-refractivity contribution < 1.29 is 39.6 Å². The number of hydrogen-bond donors (Lipinski definition) is 1. The van der Waals surface area contributed by atoms with E-state index in [2.05, 4.69) is 5.28 Å². The van der Waals surface area contributed by atoms with Gasteiger partial charge in [-0.05, 0) is 26.0 Å². The van der Waals surface area contributed by atoms with Gasteiger partial charge in [-0.3, -0.25) is 0 Å². The van der Waals surface area contributed by atoms with Crippen LogP contribution in [-0.2, 0) is 0 Å². The molecule has 0 spiro atoms. The molecule has 13 heavy (non-hydrogen) atoms. The molecule has 72 valence electrons. The van der Waals surface area contributed by atoms with Crippen LogP contribution in [0.25, 0.3) is 0 Å². The molecule has 0 heterocycles. The Morgan fingerprint density at radius 3 is 2.15 bits per heavy atom.